The number of aliphatic hydroxyl groups excluding tert-OH is 1. The summed E-state index contributed by atoms with van der Waals surface area (Å²) >= 11 is 3.38. The first-order valence-corrected chi connectivity index (χ1v) is 7.44. The van der Waals surface area contributed by atoms with Crippen LogP contribution in [0.2, 0.25) is 0 Å². The number of aliphatic hydroxyl groups is 1. The van der Waals surface area contributed by atoms with Gasteiger partial charge in [-0.3, -0.25) is 0 Å². The van der Waals surface area contributed by atoms with Crippen molar-refractivity contribution in [1.82, 2.24) is 9.55 Å². The van der Waals surface area contributed by atoms with E-state index in [1.807, 2.05) is 28.8 Å². The van der Waals surface area contributed by atoms with Crippen LogP contribution < -0.4 is 0 Å². The molecule has 3 nitrogen and oxygen atoms in total. The van der Waals surface area contributed by atoms with Crippen LogP contribution in [0.15, 0.2) is 53.3 Å². The van der Waals surface area contributed by atoms with E-state index in [0.717, 1.165) is 21.1 Å². The van der Waals surface area contributed by atoms with Gasteiger partial charge in [0, 0.05) is 10.9 Å². The van der Waals surface area contributed by atoms with Crippen molar-refractivity contribution in [2.45, 2.75) is 19.1 Å². The first-order chi connectivity index (χ1) is 10.1. The van der Waals surface area contributed by atoms with E-state index in [-0.39, 0.29) is 5.82 Å². The molecule has 0 aliphatic heterocycles. The highest BCUT2D eigenvalue weighted by Gasteiger charge is 2.12. The monoisotopic (exact) mass is 348 g/mol. The molecule has 1 atom stereocenters. The molecule has 0 aliphatic rings. The van der Waals surface area contributed by atoms with Gasteiger partial charge in [-0.2, -0.15) is 0 Å². The summed E-state index contributed by atoms with van der Waals surface area (Å²) in [6, 6.07) is 12.3. The van der Waals surface area contributed by atoms with Gasteiger partial charge in [-0.1, -0.05) is 28.1 Å². The van der Waals surface area contributed by atoms with E-state index < -0.39 is 6.10 Å². The molecule has 0 amide bonds. The molecule has 1 aromatic heterocycles. The fraction of sp³-hybridized carbons (Fsp3) is 0.188. The minimum Gasteiger partial charge on any atom is -0.391 e. The summed E-state index contributed by atoms with van der Waals surface area (Å²) in [5.74, 6) is -0.298. The average Bonchev–Trinajstić information content (AvgIpc) is 2.86. The Balaban J connectivity index is 1.77. The van der Waals surface area contributed by atoms with Crippen LogP contribution in [0.5, 0.6) is 0 Å². The molecule has 108 valence electrons. The summed E-state index contributed by atoms with van der Waals surface area (Å²) in [4.78, 5) is 4.29. The molecule has 0 bridgehead atoms. The normalized spacial score (nSPS) is 12.7. The van der Waals surface area contributed by atoms with Gasteiger partial charge in [-0.25, -0.2) is 9.37 Å². The van der Waals surface area contributed by atoms with E-state index >= 15 is 0 Å². The van der Waals surface area contributed by atoms with Gasteiger partial charge in [0.15, 0.2) is 0 Å². The van der Waals surface area contributed by atoms with E-state index in [4.69, 9.17) is 0 Å². The fourth-order valence-electron chi connectivity index (χ4n) is 2.40. The molecule has 2 aromatic carbocycles. The zero-order valence-electron chi connectivity index (χ0n) is 11.2. The number of fused-ring (bicyclic) bond motifs is 1. The number of hydrogen-bond acceptors (Lipinski definition) is 2. The number of nitrogens with zero attached hydrogens (tertiary/aromatic N) is 2. The van der Waals surface area contributed by atoms with Crippen LogP contribution in [0.1, 0.15) is 5.56 Å². The quantitative estimate of drug-likeness (QED) is 0.782. The molecule has 0 saturated heterocycles. The lowest BCUT2D eigenvalue weighted by molar-refractivity contribution is 0.155. The smallest absolute Gasteiger partial charge is 0.123 e. The third-order valence-corrected chi connectivity index (χ3v) is 4.17. The minimum atomic E-state index is -0.610. The molecule has 0 aliphatic carbocycles. The lowest BCUT2D eigenvalue weighted by Gasteiger charge is -2.13. The highest BCUT2D eigenvalue weighted by Crippen LogP contribution is 2.20. The van der Waals surface area contributed by atoms with Crippen LogP contribution in [0.25, 0.3) is 11.0 Å². The van der Waals surface area contributed by atoms with Crippen molar-refractivity contribution < 1.29 is 9.50 Å². The van der Waals surface area contributed by atoms with Crippen LogP contribution in [0.3, 0.4) is 0 Å². The van der Waals surface area contributed by atoms with E-state index in [1.165, 1.54) is 12.1 Å². The Bertz CT molecular complexity index is 772. The average molecular weight is 349 g/mol. The number of hydrogen-bond donors (Lipinski definition) is 1. The topological polar surface area (TPSA) is 38.0 Å². The zero-order chi connectivity index (χ0) is 14.8. The number of aromatic nitrogens is 2. The molecule has 0 saturated carbocycles. The summed E-state index contributed by atoms with van der Waals surface area (Å²) in [6.07, 6.45) is 1.49. The van der Waals surface area contributed by atoms with Crippen LogP contribution in [0.4, 0.5) is 4.39 Å². The predicted molar refractivity (Wildman–Crippen MR) is 83.5 cm³/mol. The molecule has 3 aromatic rings. The maximum atomic E-state index is 13.3. The standard InChI is InChI=1S/C16H14BrFN2O/c17-14-6-5-12(18)7-11(14)8-13(21)9-20-10-19-15-3-1-2-4-16(15)20/h1-7,10,13,21H,8-9H2. The fourth-order valence-corrected chi connectivity index (χ4v) is 2.81. The summed E-state index contributed by atoms with van der Waals surface area (Å²) in [7, 11) is 0. The lowest BCUT2D eigenvalue weighted by atomic mass is 10.1. The lowest BCUT2D eigenvalue weighted by Crippen LogP contribution is -2.18. The number of rotatable bonds is 4. The molecule has 1 unspecified atom stereocenters. The van der Waals surface area contributed by atoms with Gasteiger partial charge in [-0.15, -0.1) is 0 Å². The number of benzene rings is 2. The van der Waals surface area contributed by atoms with Crippen molar-refractivity contribution in [3.63, 3.8) is 0 Å². The number of para-hydroxylation sites is 2. The Morgan fingerprint density at radius 3 is 2.90 bits per heavy atom. The second kappa shape index (κ2) is 5.95. The predicted octanol–water partition coefficient (Wildman–Crippen LogP) is 3.54. The summed E-state index contributed by atoms with van der Waals surface area (Å²) in [5.41, 5.74) is 2.64. The highest BCUT2D eigenvalue weighted by molar-refractivity contribution is 9.10. The second-order valence-corrected chi connectivity index (χ2v) is 5.83. The maximum absolute atomic E-state index is 13.3. The maximum Gasteiger partial charge on any atom is 0.123 e. The van der Waals surface area contributed by atoms with Crippen molar-refractivity contribution in [3.05, 3.63) is 64.6 Å². The molecular weight excluding hydrogens is 335 g/mol. The third kappa shape index (κ3) is 3.14. The molecule has 0 spiro atoms. The van der Waals surface area contributed by atoms with Crippen molar-refractivity contribution >= 4 is 27.0 Å². The molecule has 0 radical (unpaired) electrons. The molecule has 0 fully saturated rings. The van der Waals surface area contributed by atoms with Crippen LogP contribution >= 0.6 is 15.9 Å². The number of halogens is 2. The summed E-state index contributed by atoms with van der Waals surface area (Å²) < 4.78 is 16.0. The van der Waals surface area contributed by atoms with Crippen molar-refractivity contribution in [2.75, 3.05) is 0 Å². The number of imidazole rings is 1. The van der Waals surface area contributed by atoms with Crippen LogP contribution in [0, 0.1) is 5.82 Å². The Morgan fingerprint density at radius 1 is 1.24 bits per heavy atom. The molecule has 5 heteroatoms. The zero-order valence-corrected chi connectivity index (χ0v) is 12.8. The van der Waals surface area contributed by atoms with Gasteiger partial charge in [-0.05, 0) is 35.9 Å². The summed E-state index contributed by atoms with van der Waals surface area (Å²) in [6.45, 7) is 0.420. The van der Waals surface area contributed by atoms with Crippen LogP contribution in [-0.2, 0) is 13.0 Å². The highest BCUT2D eigenvalue weighted by atomic mass is 79.9. The van der Waals surface area contributed by atoms with Gasteiger partial charge in [0.25, 0.3) is 0 Å². The summed E-state index contributed by atoms with van der Waals surface area (Å²) in [5, 5.41) is 10.3. The Morgan fingerprint density at radius 2 is 2.05 bits per heavy atom. The van der Waals surface area contributed by atoms with Crippen molar-refractivity contribution in [1.29, 1.82) is 0 Å². The van der Waals surface area contributed by atoms with Crippen molar-refractivity contribution in [2.24, 2.45) is 0 Å². The first-order valence-electron chi connectivity index (χ1n) is 6.65. The SMILES string of the molecule is OC(Cc1cc(F)ccc1Br)Cn1cnc2ccccc21. The third-order valence-electron chi connectivity index (χ3n) is 3.40. The Hall–Kier alpha value is -1.72. The Labute approximate surface area is 130 Å². The largest absolute Gasteiger partial charge is 0.391 e. The van der Waals surface area contributed by atoms with Gasteiger partial charge < -0.3 is 9.67 Å². The minimum absolute atomic E-state index is 0.298. The second-order valence-electron chi connectivity index (χ2n) is 4.98. The molecule has 1 N–H and O–H groups in total. The molecule has 1 heterocycles. The van der Waals surface area contributed by atoms with Crippen LogP contribution in [-0.4, -0.2) is 20.8 Å². The Kier molecular flexibility index (Phi) is 4.03. The van der Waals surface area contributed by atoms with Gasteiger partial charge in [0.05, 0.1) is 30.0 Å². The van der Waals surface area contributed by atoms with E-state index in [1.54, 1.807) is 12.4 Å². The van der Waals surface area contributed by atoms with Gasteiger partial charge >= 0.3 is 0 Å². The van der Waals surface area contributed by atoms with E-state index in [9.17, 15) is 9.50 Å². The molecular formula is C16H14BrFN2O. The van der Waals surface area contributed by atoms with Gasteiger partial charge in [0.2, 0.25) is 0 Å². The van der Waals surface area contributed by atoms with Gasteiger partial charge in [0.1, 0.15) is 5.82 Å². The molecule has 3 rings (SSSR count). The van der Waals surface area contributed by atoms with Crippen molar-refractivity contribution in [3.8, 4) is 0 Å². The first kappa shape index (κ1) is 14.2. The van der Waals surface area contributed by atoms with E-state index in [2.05, 4.69) is 20.9 Å². The van der Waals surface area contributed by atoms with E-state index in [0.29, 0.717) is 13.0 Å². The molecule has 21 heavy (non-hydrogen) atoms.